The first-order chi connectivity index (χ1) is 15.3. The van der Waals surface area contributed by atoms with Crippen LogP contribution in [0, 0.1) is 0 Å². The van der Waals surface area contributed by atoms with Crippen LogP contribution in [-0.2, 0) is 22.6 Å². The highest BCUT2D eigenvalue weighted by atomic mass is 35.5. The highest BCUT2D eigenvalue weighted by Gasteiger charge is 2.31. The van der Waals surface area contributed by atoms with E-state index in [0.717, 1.165) is 25.7 Å². The summed E-state index contributed by atoms with van der Waals surface area (Å²) in [5.74, 6) is -0.400. The number of rotatable bonds is 8. The molecule has 0 bridgehead atoms. The summed E-state index contributed by atoms with van der Waals surface area (Å²) in [5.41, 5.74) is 1.25. The highest BCUT2D eigenvalue weighted by Crippen LogP contribution is 2.28. The van der Waals surface area contributed by atoms with Gasteiger partial charge in [0.05, 0.1) is 6.42 Å². The fraction of sp³-hybridized carbons (Fsp3) is 0.417. The molecule has 0 radical (unpaired) electrons. The van der Waals surface area contributed by atoms with E-state index in [2.05, 4.69) is 5.32 Å². The molecule has 0 saturated heterocycles. The van der Waals surface area contributed by atoms with Crippen LogP contribution in [0.4, 0.5) is 0 Å². The Morgan fingerprint density at radius 3 is 2.28 bits per heavy atom. The molecule has 8 heteroatoms. The van der Waals surface area contributed by atoms with Gasteiger partial charge >= 0.3 is 0 Å². The molecule has 1 unspecified atom stereocenters. The summed E-state index contributed by atoms with van der Waals surface area (Å²) < 4.78 is 0. The zero-order chi connectivity index (χ0) is 23.3. The lowest BCUT2D eigenvalue weighted by atomic mass is 10.1. The standard InChI is InChI=1S/C24H26Cl4N2O2/c1-2-22(24(32)29-17-6-3-4-7-17)30(14-15-10-11-16(25)12-21(15)28)23(31)13-18-19(26)8-5-9-20(18)27/h5,8-12,17,22H,2-4,6-7,13-14H2,1H3,(H,29,32). The van der Waals surface area contributed by atoms with Gasteiger partial charge in [-0.15, -0.1) is 0 Å². The van der Waals surface area contributed by atoms with Crippen molar-refractivity contribution in [3.8, 4) is 0 Å². The van der Waals surface area contributed by atoms with Crippen molar-refractivity contribution in [1.29, 1.82) is 0 Å². The number of halogens is 4. The van der Waals surface area contributed by atoms with Crippen LogP contribution >= 0.6 is 46.4 Å². The molecule has 0 heterocycles. The summed E-state index contributed by atoms with van der Waals surface area (Å²) in [7, 11) is 0. The second-order valence-corrected chi connectivity index (χ2v) is 9.71. The second kappa shape index (κ2) is 11.6. The van der Waals surface area contributed by atoms with Crippen molar-refractivity contribution in [2.75, 3.05) is 0 Å². The molecule has 32 heavy (non-hydrogen) atoms. The maximum absolute atomic E-state index is 13.5. The number of carbonyl (C=O) groups is 2. The van der Waals surface area contributed by atoms with E-state index >= 15 is 0 Å². The number of hydrogen-bond donors (Lipinski definition) is 1. The van der Waals surface area contributed by atoms with Crippen LogP contribution in [0.3, 0.4) is 0 Å². The first kappa shape index (κ1) is 25.2. The van der Waals surface area contributed by atoms with Crippen molar-refractivity contribution in [3.63, 3.8) is 0 Å². The fourth-order valence-electron chi connectivity index (χ4n) is 4.07. The quantitative estimate of drug-likeness (QED) is 0.424. The van der Waals surface area contributed by atoms with Crippen molar-refractivity contribution in [2.45, 2.75) is 64.1 Å². The Balaban J connectivity index is 1.89. The van der Waals surface area contributed by atoms with Crippen molar-refractivity contribution in [1.82, 2.24) is 10.2 Å². The lowest BCUT2D eigenvalue weighted by Gasteiger charge is -2.32. The van der Waals surface area contributed by atoms with Gasteiger partial charge in [0.1, 0.15) is 6.04 Å². The second-order valence-electron chi connectivity index (χ2n) is 8.05. The van der Waals surface area contributed by atoms with Gasteiger partial charge in [-0.05, 0) is 54.7 Å². The van der Waals surface area contributed by atoms with Gasteiger partial charge in [-0.2, -0.15) is 0 Å². The molecule has 0 spiro atoms. The zero-order valence-electron chi connectivity index (χ0n) is 17.8. The fourth-order valence-corrected chi connectivity index (χ4v) is 5.07. The monoisotopic (exact) mass is 514 g/mol. The molecule has 1 aliphatic carbocycles. The van der Waals surface area contributed by atoms with Crippen LogP contribution in [0.25, 0.3) is 0 Å². The number of nitrogens with one attached hydrogen (secondary N) is 1. The third-order valence-electron chi connectivity index (χ3n) is 5.83. The predicted molar refractivity (Wildman–Crippen MR) is 132 cm³/mol. The van der Waals surface area contributed by atoms with Crippen LogP contribution < -0.4 is 5.32 Å². The van der Waals surface area contributed by atoms with Gasteiger partial charge in [0.2, 0.25) is 11.8 Å². The third kappa shape index (κ3) is 6.32. The van der Waals surface area contributed by atoms with Crippen LogP contribution in [-0.4, -0.2) is 28.8 Å². The van der Waals surface area contributed by atoms with Crippen LogP contribution in [0.2, 0.25) is 20.1 Å². The van der Waals surface area contributed by atoms with Crippen molar-refractivity contribution < 1.29 is 9.59 Å². The summed E-state index contributed by atoms with van der Waals surface area (Å²) >= 11 is 25.0. The molecule has 3 rings (SSSR count). The average molecular weight is 516 g/mol. The molecule has 172 valence electrons. The summed E-state index contributed by atoms with van der Waals surface area (Å²) in [6.45, 7) is 2.07. The van der Waals surface area contributed by atoms with E-state index in [9.17, 15) is 9.59 Å². The third-order valence-corrected chi connectivity index (χ3v) is 7.13. The largest absolute Gasteiger partial charge is 0.352 e. The Hall–Kier alpha value is -1.46. The topological polar surface area (TPSA) is 49.4 Å². The van der Waals surface area contributed by atoms with Gasteiger partial charge in [-0.3, -0.25) is 9.59 Å². The molecule has 2 aromatic rings. The van der Waals surface area contributed by atoms with E-state index in [0.29, 0.717) is 37.6 Å². The predicted octanol–water partition coefficient (Wildman–Crippen LogP) is 6.71. The molecule has 2 amide bonds. The van der Waals surface area contributed by atoms with Crippen LogP contribution in [0.5, 0.6) is 0 Å². The molecule has 1 fully saturated rings. The Labute approximate surface area is 209 Å². The van der Waals surface area contributed by atoms with E-state index in [1.165, 1.54) is 0 Å². The van der Waals surface area contributed by atoms with E-state index in [-0.39, 0.29) is 30.8 Å². The Morgan fingerprint density at radius 1 is 1.03 bits per heavy atom. The molecule has 1 aliphatic rings. The molecule has 0 aromatic heterocycles. The highest BCUT2D eigenvalue weighted by molar-refractivity contribution is 6.36. The van der Waals surface area contributed by atoms with Gasteiger partial charge in [0.25, 0.3) is 0 Å². The average Bonchev–Trinajstić information content (AvgIpc) is 3.25. The van der Waals surface area contributed by atoms with Crippen molar-refractivity contribution >= 4 is 58.2 Å². The Morgan fingerprint density at radius 2 is 1.69 bits per heavy atom. The van der Waals surface area contributed by atoms with Gasteiger partial charge in [0.15, 0.2) is 0 Å². The summed E-state index contributed by atoms with van der Waals surface area (Å²) in [5, 5.41) is 4.90. The zero-order valence-corrected chi connectivity index (χ0v) is 20.9. The molecular weight excluding hydrogens is 490 g/mol. The van der Waals surface area contributed by atoms with E-state index < -0.39 is 6.04 Å². The van der Waals surface area contributed by atoms with Gasteiger partial charge in [-0.1, -0.05) is 78.3 Å². The van der Waals surface area contributed by atoms with Crippen LogP contribution in [0.15, 0.2) is 36.4 Å². The van der Waals surface area contributed by atoms with Crippen LogP contribution in [0.1, 0.15) is 50.2 Å². The minimum absolute atomic E-state index is 0.0169. The first-order valence-electron chi connectivity index (χ1n) is 10.8. The van der Waals surface area contributed by atoms with Crippen molar-refractivity contribution in [3.05, 3.63) is 67.6 Å². The lowest BCUT2D eigenvalue weighted by Crippen LogP contribution is -2.51. The molecule has 2 aromatic carbocycles. The van der Waals surface area contributed by atoms with Crippen molar-refractivity contribution in [2.24, 2.45) is 0 Å². The van der Waals surface area contributed by atoms with Gasteiger partial charge in [0, 0.05) is 32.7 Å². The molecule has 4 nitrogen and oxygen atoms in total. The molecule has 1 N–H and O–H groups in total. The summed E-state index contributed by atoms with van der Waals surface area (Å²) in [4.78, 5) is 28.3. The first-order valence-corrected chi connectivity index (χ1v) is 12.3. The molecular formula is C24H26Cl4N2O2. The van der Waals surface area contributed by atoms with Gasteiger partial charge in [-0.25, -0.2) is 0 Å². The van der Waals surface area contributed by atoms with E-state index in [1.807, 2.05) is 6.92 Å². The Kier molecular flexibility index (Phi) is 9.13. The number of carbonyl (C=O) groups excluding carboxylic acids is 2. The normalized spacial score (nSPS) is 14.9. The number of benzene rings is 2. The maximum atomic E-state index is 13.5. The number of amides is 2. The summed E-state index contributed by atoms with van der Waals surface area (Å²) in [6.07, 6.45) is 4.59. The molecule has 1 atom stereocenters. The molecule has 1 saturated carbocycles. The SMILES string of the molecule is CCC(C(=O)NC1CCCC1)N(Cc1ccc(Cl)cc1Cl)C(=O)Cc1c(Cl)cccc1Cl. The number of hydrogen-bond acceptors (Lipinski definition) is 2. The number of nitrogens with zero attached hydrogens (tertiary/aromatic N) is 1. The Bertz CT molecular complexity index is 956. The minimum Gasteiger partial charge on any atom is -0.352 e. The smallest absolute Gasteiger partial charge is 0.243 e. The maximum Gasteiger partial charge on any atom is 0.243 e. The van der Waals surface area contributed by atoms with E-state index in [1.54, 1.807) is 41.3 Å². The minimum atomic E-state index is -0.642. The summed E-state index contributed by atoms with van der Waals surface area (Å²) in [6, 6.07) is 9.76. The van der Waals surface area contributed by atoms with E-state index in [4.69, 9.17) is 46.4 Å². The van der Waals surface area contributed by atoms with Gasteiger partial charge < -0.3 is 10.2 Å². The molecule has 0 aliphatic heterocycles. The lowest BCUT2D eigenvalue weighted by molar-refractivity contribution is -0.141.